The molecule has 0 saturated carbocycles. The van der Waals surface area contributed by atoms with E-state index >= 15 is 0 Å². The lowest BCUT2D eigenvalue weighted by molar-refractivity contribution is -0.142. The Morgan fingerprint density at radius 2 is 2.04 bits per heavy atom. The van der Waals surface area contributed by atoms with E-state index in [1.54, 1.807) is 0 Å². The van der Waals surface area contributed by atoms with Crippen molar-refractivity contribution in [2.24, 2.45) is 0 Å². The molecule has 0 spiro atoms. The van der Waals surface area contributed by atoms with Crippen LogP contribution in [0.3, 0.4) is 0 Å². The van der Waals surface area contributed by atoms with Gasteiger partial charge in [0.25, 0.3) is 0 Å². The summed E-state index contributed by atoms with van der Waals surface area (Å²) in [6.07, 6.45) is 1.54. The van der Waals surface area contributed by atoms with Gasteiger partial charge >= 0.3 is 5.97 Å². The van der Waals surface area contributed by atoms with E-state index in [0.717, 1.165) is 33.4 Å². The van der Waals surface area contributed by atoms with Gasteiger partial charge in [0.05, 0.1) is 10.9 Å². The van der Waals surface area contributed by atoms with Crippen molar-refractivity contribution in [3.8, 4) is 11.1 Å². The summed E-state index contributed by atoms with van der Waals surface area (Å²) in [5.74, 6) is -0.0623. The molecular formula is C21H21ClN4O2. The van der Waals surface area contributed by atoms with E-state index in [0.29, 0.717) is 24.7 Å². The fraction of sp³-hybridized carbons (Fsp3) is 0.286. The topological polar surface area (TPSA) is 69.6 Å². The summed E-state index contributed by atoms with van der Waals surface area (Å²) in [6.45, 7) is 3.71. The molecule has 2 heterocycles. The number of nitrogens with zero attached hydrogens (tertiary/aromatic N) is 4. The Bertz CT molecular complexity index is 1050. The molecule has 6 nitrogen and oxygen atoms in total. The lowest BCUT2D eigenvalue weighted by Gasteiger charge is -2.38. The molecule has 1 aromatic heterocycles. The quantitative estimate of drug-likeness (QED) is 0.731. The average Bonchev–Trinajstić information content (AvgIpc) is 2.69. The number of carbonyl (C=O) groups is 1. The van der Waals surface area contributed by atoms with Crippen molar-refractivity contribution in [1.29, 1.82) is 0 Å². The summed E-state index contributed by atoms with van der Waals surface area (Å²) >= 11 is 6.36. The van der Waals surface area contributed by atoms with Gasteiger partial charge < -0.3 is 10.0 Å². The van der Waals surface area contributed by atoms with E-state index in [2.05, 4.69) is 9.97 Å². The van der Waals surface area contributed by atoms with Crippen LogP contribution in [0.25, 0.3) is 22.0 Å². The molecule has 1 fully saturated rings. The first kappa shape index (κ1) is 18.7. The Labute approximate surface area is 168 Å². The second kappa shape index (κ2) is 7.37. The number of halogens is 1. The van der Waals surface area contributed by atoms with Gasteiger partial charge in [0.15, 0.2) is 0 Å². The van der Waals surface area contributed by atoms with Crippen molar-refractivity contribution in [3.63, 3.8) is 0 Å². The first-order valence-electron chi connectivity index (χ1n) is 9.14. The highest BCUT2D eigenvalue weighted by Gasteiger charge is 2.31. The standard InChI is InChI=1S/C21H21ClN4O2/c1-13-6-7-14(10-16(13)22)15-4-3-5-17-19(15)20(24-12-23-17)26-9-8-25(2)18(11-26)21(27)28/h3-7,10,12,18H,8-9,11H2,1-2H3,(H,27,28). The summed E-state index contributed by atoms with van der Waals surface area (Å²) < 4.78 is 0. The van der Waals surface area contributed by atoms with Crippen molar-refractivity contribution in [2.75, 3.05) is 31.6 Å². The minimum absolute atomic E-state index is 0.376. The number of carboxylic acids is 1. The minimum Gasteiger partial charge on any atom is -0.480 e. The van der Waals surface area contributed by atoms with Gasteiger partial charge in [-0.2, -0.15) is 0 Å². The molecule has 1 unspecified atom stereocenters. The summed E-state index contributed by atoms with van der Waals surface area (Å²) in [5, 5.41) is 11.2. The summed E-state index contributed by atoms with van der Waals surface area (Å²) in [6, 6.07) is 11.4. The molecule has 1 aliphatic rings. The lowest BCUT2D eigenvalue weighted by Crippen LogP contribution is -2.55. The maximum Gasteiger partial charge on any atom is 0.322 e. The van der Waals surface area contributed by atoms with Crippen molar-refractivity contribution in [3.05, 3.63) is 53.3 Å². The third kappa shape index (κ3) is 3.30. The second-order valence-corrected chi connectivity index (χ2v) is 7.55. The van der Waals surface area contributed by atoms with Crippen LogP contribution < -0.4 is 4.90 Å². The van der Waals surface area contributed by atoms with Gasteiger partial charge in [-0.05, 0) is 42.8 Å². The van der Waals surface area contributed by atoms with E-state index in [4.69, 9.17) is 11.6 Å². The molecule has 1 saturated heterocycles. The molecule has 2 aromatic carbocycles. The van der Waals surface area contributed by atoms with Crippen molar-refractivity contribution >= 4 is 34.3 Å². The van der Waals surface area contributed by atoms with Crippen molar-refractivity contribution in [1.82, 2.24) is 14.9 Å². The summed E-state index contributed by atoms with van der Waals surface area (Å²) in [4.78, 5) is 24.5. The maximum atomic E-state index is 11.6. The molecule has 144 valence electrons. The number of rotatable bonds is 3. The molecule has 0 radical (unpaired) electrons. The Morgan fingerprint density at radius 1 is 1.21 bits per heavy atom. The molecule has 1 N–H and O–H groups in total. The molecule has 0 bridgehead atoms. The highest BCUT2D eigenvalue weighted by Crippen LogP contribution is 2.35. The minimum atomic E-state index is -0.823. The van der Waals surface area contributed by atoms with Crippen LogP contribution >= 0.6 is 11.6 Å². The molecular weight excluding hydrogens is 376 g/mol. The SMILES string of the molecule is Cc1ccc(-c2cccc3ncnc(N4CCN(C)C(C(=O)O)C4)c23)cc1Cl. The molecule has 7 heteroatoms. The van der Waals surface area contributed by atoms with Crippen LogP contribution in [0, 0.1) is 6.92 Å². The zero-order valence-electron chi connectivity index (χ0n) is 15.8. The molecule has 28 heavy (non-hydrogen) atoms. The molecule has 1 aliphatic heterocycles. The number of fused-ring (bicyclic) bond motifs is 1. The van der Waals surface area contributed by atoms with Gasteiger partial charge in [0.2, 0.25) is 0 Å². The van der Waals surface area contributed by atoms with Crippen LogP contribution in [0.4, 0.5) is 5.82 Å². The van der Waals surface area contributed by atoms with E-state index in [-0.39, 0.29) is 0 Å². The number of likely N-dealkylation sites (N-methyl/N-ethyl adjacent to an activating group) is 1. The summed E-state index contributed by atoms with van der Waals surface area (Å²) in [7, 11) is 1.84. The predicted molar refractivity (Wildman–Crippen MR) is 111 cm³/mol. The fourth-order valence-corrected chi connectivity index (χ4v) is 3.85. The van der Waals surface area contributed by atoms with E-state index < -0.39 is 12.0 Å². The molecule has 0 amide bonds. The molecule has 3 aromatic rings. The van der Waals surface area contributed by atoms with Crippen LogP contribution in [-0.2, 0) is 4.79 Å². The van der Waals surface area contributed by atoms with E-state index in [1.807, 2.05) is 60.2 Å². The number of aliphatic carboxylic acids is 1. The van der Waals surface area contributed by atoms with Crippen molar-refractivity contribution < 1.29 is 9.90 Å². The number of benzene rings is 2. The van der Waals surface area contributed by atoms with Crippen LogP contribution in [0.2, 0.25) is 5.02 Å². The highest BCUT2D eigenvalue weighted by atomic mass is 35.5. The Kier molecular flexibility index (Phi) is 4.91. The normalized spacial score (nSPS) is 17.8. The van der Waals surface area contributed by atoms with Gasteiger partial charge in [-0.25, -0.2) is 9.97 Å². The highest BCUT2D eigenvalue weighted by molar-refractivity contribution is 6.31. The van der Waals surface area contributed by atoms with Crippen LogP contribution in [0.15, 0.2) is 42.7 Å². The number of aromatic nitrogens is 2. The van der Waals surface area contributed by atoms with Crippen LogP contribution in [-0.4, -0.2) is 58.7 Å². The Balaban J connectivity index is 1.86. The van der Waals surface area contributed by atoms with Gasteiger partial charge in [0.1, 0.15) is 18.2 Å². The van der Waals surface area contributed by atoms with E-state index in [9.17, 15) is 9.90 Å². The Morgan fingerprint density at radius 3 is 2.79 bits per heavy atom. The zero-order chi connectivity index (χ0) is 19.8. The van der Waals surface area contributed by atoms with Crippen LogP contribution in [0.1, 0.15) is 5.56 Å². The molecule has 1 atom stereocenters. The second-order valence-electron chi connectivity index (χ2n) is 7.14. The number of piperazine rings is 1. The largest absolute Gasteiger partial charge is 0.480 e. The summed E-state index contributed by atoms with van der Waals surface area (Å²) in [5.41, 5.74) is 3.82. The number of hydrogen-bond donors (Lipinski definition) is 1. The van der Waals surface area contributed by atoms with Gasteiger partial charge in [-0.15, -0.1) is 0 Å². The molecule has 0 aliphatic carbocycles. The maximum absolute atomic E-state index is 11.6. The Hall–Kier alpha value is -2.70. The number of carboxylic acid groups (broad SMARTS) is 1. The molecule has 4 rings (SSSR count). The first-order chi connectivity index (χ1) is 13.5. The third-order valence-electron chi connectivity index (χ3n) is 5.36. The number of hydrogen-bond acceptors (Lipinski definition) is 5. The van der Waals surface area contributed by atoms with Gasteiger partial charge in [-0.1, -0.05) is 35.9 Å². The predicted octanol–water partition coefficient (Wildman–Crippen LogP) is 3.46. The smallest absolute Gasteiger partial charge is 0.322 e. The monoisotopic (exact) mass is 396 g/mol. The zero-order valence-corrected chi connectivity index (χ0v) is 16.5. The first-order valence-corrected chi connectivity index (χ1v) is 9.51. The lowest BCUT2D eigenvalue weighted by atomic mass is 9.99. The van der Waals surface area contributed by atoms with Gasteiger partial charge in [0, 0.05) is 24.7 Å². The number of anilines is 1. The third-order valence-corrected chi connectivity index (χ3v) is 5.77. The van der Waals surface area contributed by atoms with Gasteiger partial charge in [-0.3, -0.25) is 9.69 Å². The average molecular weight is 397 g/mol. The fourth-order valence-electron chi connectivity index (χ4n) is 3.67. The van der Waals surface area contributed by atoms with Crippen molar-refractivity contribution in [2.45, 2.75) is 13.0 Å². The van der Waals surface area contributed by atoms with E-state index in [1.165, 1.54) is 6.33 Å². The number of aryl methyl sites for hydroxylation is 1. The van der Waals surface area contributed by atoms with Crippen LogP contribution in [0.5, 0.6) is 0 Å².